The zero-order valence-electron chi connectivity index (χ0n) is 14.2. The van der Waals surface area contributed by atoms with Crippen molar-refractivity contribution in [2.75, 3.05) is 19.6 Å². The number of hydrazone groups is 1. The standard InChI is InChI=1S/C20H23N3O/c1-2-23-20(24)9-8-19(21-23)17-7-6-15-10-12-22(18-4-3-5-18)13-11-16(15)14-17/h3-7,14H,2,8-13H2,1H3. The van der Waals surface area contributed by atoms with Crippen LogP contribution in [0.3, 0.4) is 0 Å². The highest BCUT2D eigenvalue weighted by Gasteiger charge is 2.21. The van der Waals surface area contributed by atoms with Gasteiger partial charge in [-0.3, -0.25) is 4.79 Å². The second-order valence-electron chi connectivity index (χ2n) is 6.58. The van der Waals surface area contributed by atoms with Gasteiger partial charge < -0.3 is 4.90 Å². The fourth-order valence-electron chi connectivity index (χ4n) is 3.61. The number of hydrogen-bond donors (Lipinski definition) is 0. The maximum Gasteiger partial charge on any atom is 0.243 e. The van der Waals surface area contributed by atoms with Crippen LogP contribution in [-0.2, 0) is 17.6 Å². The lowest BCUT2D eigenvalue weighted by atomic mass is 9.96. The molecule has 0 fully saturated rings. The lowest BCUT2D eigenvalue weighted by molar-refractivity contribution is -0.131. The summed E-state index contributed by atoms with van der Waals surface area (Å²) in [5, 5.41) is 6.16. The van der Waals surface area contributed by atoms with Gasteiger partial charge in [0.2, 0.25) is 5.91 Å². The summed E-state index contributed by atoms with van der Waals surface area (Å²) in [6, 6.07) is 6.74. The molecule has 4 heteroatoms. The average molecular weight is 321 g/mol. The third-order valence-electron chi connectivity index (χ3n) is 5.15. The number of allylic oxidation sites excluding steroid dienone is 3. The summed E-state index contributed by atoms with van der Waals surface area (Å²) in [6.07, 6.45) is 9.96. The fraction of sp³-hybridized carbons (Fsp3) is 0.400. The predicted octanol–water partition coefficient (Wildman–Crippen LogP) is 2.89. The molecule has 0 aromatic heterocycles. The van der Waals surface area contributed by atoms with E-state index >= 15 is 0 Å². The van der Waals surface area contributed by atoms with Crippen molar-refractivity contribution in [1.82, 2.24) is 9.91 Å². The first-order valence-electron chi connectivity index (χ1n) is 8.88. The van der Waals surface area contributed by atoms with Gasteiger partial charge in [-0.2, -0.15) is 5.10 Å². The second kappa shape index (κ2) is 6.27. The molecule has 1 aromatic rings. The summed E-state index contributed by atoms with van der Waals surface area (Å²) in [5.74, 6) is 0.133. The highest BCUT2D eigenvalue weighted by molar-refractivity contribution is 6.04. The Hall–Kier alpha value is -2.36. The van der Waals surface area contributed by atoms with Crippen molar-refractivity contribution in [3.05, 3.63) is 58.8 Å². The minimum Gasteiger partial charge on any atom is -0.371 e. The Morgan fingerprint density at radius 3 is 2.58 bits per heavy atom. The Morgan fingerprint density at radius 1 is 1.08 bits per heavy atom. The molecule has 4 rings (SSSR count). The number of benzene rings is 1. The first-order chi connectivity index (χ1) is 11.7. The first-order valence-corrected chi connectivity index (χ1v) is 8.88. The van der Waals surface area contributed by atoms with Gasteiger partial charge >= 0.3 is 0 Å². The van der Waals surface area contributed by atoms with Crippen molar-refractivity contribution >= 4 is 11.6 Å². The van der Waals surface area contributed by atoms with Gasteiger partial charge in [0.25, 0.3) is 0 Å². The van der Waals surface area contributed by atoms with E-state index < -0.39 is 0 Å². The van der Waals surface area contributed by atoms with Gasteiger partial charge in [-0.05, 0) is 54.7 Å². The van der Waals surface area contributed by atoms with Crippen molar-refractivity contribution in [3.63, 3.8) is 0 Å². The third-order valence-corrected chi connectivity index (χ3v) is 5.15. The number of carbonyl (C=O) groups is 1. The van der Waals surface area contributed by atoms with Gasteiger partial charge in [0.05, 0.1) is 5.71 Å². The summed E-state index contributed by atoms with van der Waals surface area (Å²) in [4.78, 5) is 14.3. The van der Waals surface area contributed by atoms with Gasteiger partial charge in [-0.25, -0.2) is 5.01 Å². The fourth-order valence-corrected chi connectivity index (χ4v) is 3.61. The first kappa shape index (κ1) is 15.2. The highest BCUT2D eigenvalue weighted by Crippen LogP contribution is 2.24. The molecule has 0 saturated carbocycles. The molecular formula is C20H23N3O. The van der Waals surface area contributed by atoms with Crippen LogP contribution in [0.1, 0.15) is 36.5 Å². The zero-order valence-corrected chi connectivity index (χ0v) is 14.2. The Labute approximate surface area is 143 Å². The van der Waals surface area contributed by atoms with E-state index in [0.717, 1.165) is 38.1 Å². The molecule has 0 bridgehead atoms. The van der Waals surface area contributed by atoms with Gasteiger partial charge in [0.1, 0.15) is 0 Å². The molecule has 0 unspecified atom stereocenters. The van der Waals surface area contributed by atoms with Crippen molar-refractivity contribution in [3.8, 4) is 0 Å². The molecule has 1 aliphatic carbocycles. The maximum absolute atomic E-state index is 11.8. The van der Waals surface area contributed by atoms with Crippen LogP contribution in [-0.4, -0.2) is 41.2 Å². The van der Waals surface area contributed by atoms with Crippen LogP contribution in [0.4, 0.5) is 0 Å². The van der Waals surface area contributed by atoms with Crippen LogP contribution >= 0.6 is 0 Å². The lowest BCUT2D eigenvalue weighted by Crippen LogP contribution is -2.31. The predicted molar refractivity (Wildman–Crippen MR) is 95.8 cm³/mol. The number of rotatable bonds is 3. The highest BCUT2D eigenvalue weighted by atomic mass is 16.2. The number of carbonyl (C=O) groups excluding carboxylic acids is 1. The molecule has 2 aliphatic heterocycles. The van der Waals surface area contributed by atoms with Crippen molar-refractivity contribution in [2.24, 2.45) is 5.10 Å². The Kier molecular flexibility index (Phi) is 3.97. The molecular weight excluding hydrogens is 298 g/mol. The number of nitrogens with zero attached hydrogens (tertiary/aromatic N) is 3. The van der Waals surface area contributed by atoms with E-state index in [2.05, 4.69) is 46.4 Å². The molecule has 1 aromatic carbocycles. The topological polar surface area (TPSA) is 35.9 Å². The molecule has 0 radical (unpaired) electrons. The minimum atomic E-state index is 0.133. The van der Waals surface area contributed by atoms with Gasteiger partial charge in [0.15, 0.2) is 0 Å². The quantitative estimate of drug-likeness (QED) is 0.858. The Balaban J connectivity index is 1.56. The van der Waals surface area contributed by atoms with E-state index in [9.17, 15) is 4.79 Å². The molecule has 0 atom stereocenters. The smallest absolute Gasteiger partial charge is 0.243 e. The normalized spacial score (nSPS) is 20.1. The average Bonchev–Trinajstić information content (AvgIpc) is 2.76. The van der Waals surface area contributed by atoms with Crippen LogP contribution < -0.4 is 0 Å². The number of amides is 1. The number of fused-ring (bicyclic) bond motifs is 1. The maximum atomic E-state index is 11.8. The van der Waals surface area contributed by atoms with Gasteiger partial charge in [0, 0.05) is 38.2 Å². The Morgan fingerprint density at radius 2 is 1.88 bits per heavy atom. The van der Waals surface area contributed by atoms with E-state index in [1.807, 2.05) is 6.92 Å². The summed E-state index contributed by atoms with van der Waals surface area (Å²) in [6.45, 7) is 4.77. The van der Waals surface area contributed by atoms with Crippen molar-refractivity contribution in [1.29, 1.82) is 0 Å². The molecule has 3 aliphatic rings. The van der Waals surface area contributed by atoms with Crippen LogP contribution in [0, 0.1) is 0 Å². The van der Waals surface area contributed by atoms with Gasteiger partial charge in [-0.1, -0.05) is 18.2 Å². The third kappa shape index (κ3) is 2.77. The lowest BCUT2D eigenvalue weighted by Gasteiger charge is -2.26. The van der Waals surface area contributed by atoms with Crippen LogP contribution in [0.5, 0.6) is 0 Å². The SMILES string of the molecule is CCN1N=C(c2ccc3c(c2)CCN(C2=CC=C2)CC3)CCC1=O. The van der Waals surface area contributed by atoms with Gasteiger partial charge in [-0.15, -0.1) is 0 Å². The van der Waals surface area contributed by atoms with E-state index in [1.54, 1.807) is 5.01 Å². The molecule has 0 spiro atoms. The van der Waals surface area contributed by atoms with E-state index in [0.29, 0.717) is 13.0 Å². The second-order valence-corrected chi connectivity index (χ2v) is 6.58. The molecule has 24 heavy (non-hydrogen) atoms. The van der Waals surface area contributed by atoms with Crippen LogP contribution in [0.15, 0.2) is 47.2 Å². The molecule has 1 amide bonds. The van der Waals surface area contributed by atoms with Crippen molar-refractivity contribution < 1.29 is 4.79 Å². The summed E-state index contributed by atoms with van der Waals surface area (Å²) >= 11 is 0. The molecule has 0 N–H and O–H groups in total. The van der Waals surface area contributed by atoms with Crippen LogP contribution in [0.25, 0.3) is 0 Å². The van der Waals surface area contributed by atoms with E-state index in [-0.39, 0.29) is 5.91 Å². The van der Waals surface area contributed by atoms with E-state index in [1.165, 1.54) is 22.4 Å². The Bertz CT molecular complexity index is 760. The van der Waals surface area contributed by atoms with E-state index in [4.69, 9.17) is 0 Å². The molecule has 4 nitrogen and oxygen atoms in total. The summed E-state index contributed by atoms with van der Waals surface area (Å²) in [7, 11) is 0. The van der Waals surface area contributed by atoms with Crippen LogP contribution in [0.2, 0.25) is 0 Å². The largest absolute Gasteiger partial charge is 0.371 e. The summed E-state index contributed by atoms with van der Waals surface area (Å²) in [5.41, 5.74) is 6.46. The molecule has 0 saturated heterocycles. The molecule has 2 heterocycles. The minimum absolute atomic E-state index is 0.133. The van der Waals surface area contributed by atoms with Crippen molar-refractivity contribution in [2.45, 2.75) is 32.6 Å². The zero-order chi connectivity index (χ0) is 16.5. The molecule has 124 valence electrons. The summed E-state index contributed by atoms with van der Waals surface area (Å²) < 4.78 is 0. The number of hydrogen-bond acceptors (Lipinski definition) is 3. The monoisotopic (exact) mass is 321 g/mol.